The van der Waals surface area contributed by atoms with E-state index in [0.29, 0.717) is 24.6 Å². The summed E-state index contributed by atoms with van der Waals surface area (Å²) < 4.78 is 6.31. The number of halogens is 1. The Bertz CT molecular complexity index is 936. The van der Waals surface area contributed by atoms with Crippen molar-refractivity contribution < 1.29 is 9.32 Å². The molecule has 26 heavy (non-hydrogen) atoms. The van der Waals surface area contributed by atoms with Crippen LogP contribution in [0.3, 0.4) is 0 Å². The third-order valence-corrected chi connectivity index (χ3v) is 5.13. The van der Waals surface area contributed by atoms with E-state index in [0.717, 1.165) is 22.1 Å². The van der Waals surface area contributed by atoms with Crippen LogP contribution in [-0.4, -0.2) is 22.1 Å². The van der Waals surface area contributed by atoms with Gasteiger partial charge in [-0.2, -0.15) is 4.98 Å². The average molecular weight is 412 g/mol. The number of carbonyl (C=O) groups is 1. The first-order valence-corrected chi connectivity index (χ1v) is 9.39. The van der Waals surface area contributed by atoms with Gasteiger partial charge in [0.15, 0.2) is 0 Å². The lowest BCUT2D eigenvalue weighted by atomic mass is 10.1. The quantitative estimate of drug-likeness (QED) is 0.637. The predicted molar refractivity (Wildman–Crippen MR) is 103 cm³/mol. The number of benzene rings is 2. The minimum atomic E-state index is 0.0887. The molecule has 2 aromatic carbocycles. The van der Waals surface area contributed by atoms with Crippen molar-refractivity contribution in [2.75, 3.05) is 4.90 Å². The van der Waals surface area contributed by atoms with Gasteiger partial charge in [-0.25, -0.2) is 0 Å². The van der Waals surface area contributed by atoms with Gasteiger partial charge in [0.2, 0.25) is 17.6 Å². The summed E-state index contributed by atoms with van der Waals surface area (Å²) in [5, 5.41) is 4.02. The molecule has 2 heterocycles. The number of hydrogen-bond acceptors (Lipinski definition) is 4. The fraction of sp³-hybridized carbons (Fsp3) is 0.250. The fourth-order valence-electron chi connectivity index (χ4n) is 3.35. The molecule has 132 valence electrons. The Balaban J connectivity index is 1.43. The summed E-state index contributed by atoms with van der Waals surface area (Å²) in [5.74, 6) is 1.11. The van der Waals surface area contributed by atoms with Crippen LogP contribution < -0.4 is 4.90 Å². The second-order valence-corrected chi connectivity index (χ2v) is 7.38. The molecule has 0 aliphatic carbocycles. The highest BCUT2D eigenvalue weighted by atomic mass is 79.9. The molecule has 1 aromatic heterocycles. The SMILES string of the molecule is C[C@H]1Cc2ccccc2N1C(=O)CCc1nc(-c2ccc(Br)cc2)no1. The maximum Gasteiger partial charge on any atom is 0.227 e. The first kappa shape index (κ1) is 17.0. The van der Waals surface area contributed by atoms with Gasteiger partial charge < -0.3 is 9.42 Å². The number of hydrogen-bond donors (Lipinski definition) is 0. The van der Waals surface area contributed by atoms with E-state index in [1.165, 1.54) is 5.56 Å². The minimum Gasteiger partial charge on any atom is -0.339 e. The predicted octanol–water partition coefficient (Wildman–Crippen LogP) is 4.41. The molecule has 0 bridgehead atoms. The number of carbonyl (C=O) groups excluding carboxylic acids is 1. The van der Waals surface area contributed by atoms with E-state index < -0.39 is 0 Å². The van der Waals surface area contributed by atoms with Gasteiger partial charge in [-0.3, -0.25) is 4.79 Å². The molecule has 5 nitrogen and oxygen atoms in total. The van der Waals surface area contributed by atoms with Crippen molar-refractivity contribution in [2.45, 2.75) is 32.2 Å². The van der Waals surface area contributed by atoms with Crippen molar-refractivity contribution in [1.29, 1.82) is 0 Å². The van der Waals surface area contributed by atoms with Crippen molar-refractivity contribution in [1.82, 2.24) is 10.1 Å². The molecule has 0 saturated heterocycles. The molecule has 4 rings (SSSR count). The van der Waals surface area contributed by atoms with Gasteiger partial charge in [0.25, 0.3) is 0 Å². The molecule has 0 spiro atoms. The second kappa shape index (κ2) is 7.03. The Morgan fingerprint density at radius 2 is 2.00 bits per heavy atom. The molecule has 0 radical (unpaired) electrons. The molecule has 0 N–H and O–H groups in total. The Morgan fingerprint density at radius 1 is 1.23 bits per heavy atom. The van der Waals surface area contributed by atoms with Crippen LogP contribution >= 0.6 is 15.9 Å². The first-order valence-electron chi connectivity index (χ1n) is 8.60. The first-order chi connectivity index (χ1) is 12.6. The van der Waals surface area contributed by atoms with Gasteiger partial charge >= 0.3 is 0 Å². The Labute approximate surface area is 160 Å². The lowest BCUT2D eigenvalue weighted by molar-refractivity contribution is -0.118. The minimum absolute atomic E-state index is 0.0887. The maximum absolute atomic E-state index is 12.7. The third-order valence-electron chi connectivity index (χ3n) is 4.60. The van der Waals surface area contributed by atoms with Crippen LogP contribution in [0.2, 0.25) is 0 Å². The highest BCUT2D eigenvalue weighted by molar-refractivity contribution is 9.10. The van der Waals surface area contributed by atoms with Crippen LogP contribution in [0.25, 0.3) is 11.4 Å². The number of amides is 1. The van der Waals surface area contributed by atoms with E-state index in [1.807, 2.05) is 47.4 Å². The normalized spacial score (nSPS) is 15.9. The van der Waals surface area contributed by atoms with Gasteiger partial charge in [0, 0.05) is 34.6 Å². The van der Waals surface area contributed by atoms with Gasteiger partial charge in [0.1, 0.15) is 0 Å². The van der Waals surface area contributed by atoms with Crippen LogP contribution in [0.1, 0.15) is 24.8 Å². The van der Waals surface area contributed by atoms with Gasteiger partial charge in [-0.1, -0.05) is 39.3 Å². The number of anilines is 1. The largest absolute Gasteiger partial charge is 0.339 e. The van der Waals surface area contributed by atoms with E-state index in [2.05, 4.69) is 39.1 Å². The second-order valence-electron chi connectivity index (χ2n) is 6.46. The monoisotopic (exact) mass is 411 g/mol. The van der Waals surface area contributed by atoms with E-state index in [1.54, 1.807) is 0 Å². The van der Waals surface area contributed by atoms with E-state index >= 15 is 0 Å². The standard InChI is InChI=1S/C20H18BrN3O2/c1-13-12-15-4-2-3-5-17(15)24(13)19(25)11-10-18-22-20(23-26-18)14-6-8-16(21)9-7-14/h2-9,13H,10-12H2,1H3/t13-/m0/s1. The lowest BCUT2D eigenvalue weighted by Gasteiger charge is -2.22. The summed E-state index contributed by atoms with van der Waals surface area (Å²) >= 11 is 3.41. The van der Waals surface area contributed by atoms with E-state index in [4.69, 9.17) is 4.52 Å². The molecule has 1 aliphatic heterocycles. The zero-order valence-electron chi connectivity index (χ0n) is 14.4. The van der Waals surface area contributed by atoms with Crippen molar-refractivity contribution in [3.63, 3.8) is 0 Å². The van der Waals surface area contributed by atoms with E-state index in [-0.39, 0.29) is 11.9 Å². The van der Waals surface area contributed by atoms with Crippen LogP contribution in [0, 0.1) is 0 Å². The zero-order valence-corrected chi connectivity index (χ0v) is 15.9. The molecule has 1 atom stereocenters. The van der Waals surface area contributed by atoms with Crippen LogP contribution in [0.5, 0.6) is 0 Å². The zero-order chi connectivity index (χ0) is 18.1. The fourth-order valence-corrected chi connectivity index (χ4v) is 3.62. The smallest absolute Gasteiger partial charge is 0.227 e. The number of fused-ring (bicyclic) bond motifs is 1. The highest BCUT2D eigenvalue weighted by Crippen LogP contribution is 2.32. The molecule has 0 unspecified atom stereocenters. The number of nitrogens with zero attached hydrogens (tertiary/aromatic N) is 3. The Kier molecular flexibility index (Phi) is 4.59. The molecule has 6 heteroatoms. The number of para-hydroxylation sites is 1. The van der Waals surface area contributed by atoms with Crippen molar-refractivity contribution in [3.8, 4) is 11.4 Å². The molecule has 0 fully saturated rings. The van der Waals surface area contributed by atoms with E-state index in [9.17, 15) is 4.79 Å². The van der Waals surface area contributed by atoms with Gasteiger partial charge in [0.05, 0.1) is 0 Å². The maximum atomic E-state index is 12.7. The molecular weight excluding hydrogens is 394 g/mol. The number of aromatic nitrogens is 2. The lowest BCUT2D eigenvalue weighted by Crippen LogP contribution is -2.35. The summed E-state index contributed by atoms with van der Waals surface area (Å²) in [5.41, 5.74) is 3.13. The van der Waals surface area contributed by atoms with Crippen LogP contribution in [-0.2, 0) is 17.6 Å². The molecule has 0 saturated carbocycles. The molecule has 1 amide bonds. The summed E-state index contributed by atoms with van der Waals surface area (Å²) in [7, 11) is 0. The van der Waals surface area contributed by atoms with Crippen LogP contribution in [0.15, 0.2) is 57.5 Å². The summed E-state index contributed by atoms with van der Waals surface area (Å²) in [6.07, 6.45) is 1.69. The summed E-state index contributed by atoms with van der Waals surface area (Å²) in [6, 6.07) is 16.0. The number of rotatable bonds is 4. The molecule has 3 aromatic rings. The number of aryl methyl sites for hydroxylation is 1. The molecule has 1 aliphatic rings. The van der Waals surface area contributed by atoms with Crippen molar-refractivity contribution in [2.24, 2.45) is 0 Å². The third kappa shape index (κ3) is 3.29. The highest BCUT2D eigenvalue weighted by Gasteiger charge is 2.30. The topological polar surface area (TPSA) is 59.2 Å². The average Bonchev–Trinajstić information content (AvgIpc) is 3.24. The summed E-state index contributed by atoms with van der Waals surface area (Å²) in [4.78, 5) is 19.0. The van der Waals surface area contributed by atoms with Gasteiger partial charge in [-0.05, 0) is 49.2 Å². The Hall–Kier alpha value is -2.47. The molecular formula is C20H18BrN3O2. The Morgan fingerprint density at radius 3 is 2.81 bits per heavy atom. The summed E-state index contributed by atoms with van der Waals surface area (Å²) in [6.45, 7) is 2.08. The van der Waals surface area contributed by atoms with Crippen molar-refractivity contribution in [3.05, 3.63) is 64.5 Å². The van der Waals surface area contributed by atoms with Gasteiger partial charge in [-0.15, -0.1) is 0 Å². The van der Waals surface area contributed by atoms with Crippen LogP contribution in [0.4, 0.5) is 5.69 Å². The van der Waals surface area contributed by atoms with Crippen molar-refractivity contribution >= 4 is 27.5 Å².